The molecule has 0 aromatic heterocycles. The fraction of sp³-hybridized carbons (Fsp3) is 0.500. The topological polar surface area (TPSA) is 95.1 Å². The van der Waals surface area contributed by atoms with Crippen LogP contribution in [0.3, 0.4) is 0 Å². The number of anilines is 1. The van der Waals surface area contributed by atoms with E-state index in [1.807, 2.05) is 57.2 Å². The minimum atomic E-state index is -0.672. The Morgan fingerprint density at radius 1 is 0.959 bits per heavy atom. The minimum Gasteiger partial charge on any atom is -0.485 e. The Labute approximate surface area is 290 Å². The van der Waals surface area contributed by atoms with Crippen LogP contribution < -0.4 is 15.4 Å². The van der Waals surface area contributed by atoms with Gasteiger partial charge in [0, 0.05) is 35.5 Å². The van der Waals surface area contributed by atoms with Crippen molar-refractivity contribution in [2.24, 2.45) is 0 Å². The van der Waals surface area contributed by atoms with Crippen molar-refractivity contribution in [1.29, 1.82) is 0 Å². The Hall–Kier alpha value is -4.11. The number of hydrogen-bond donors (Lipinski definition) is 2. The van der Waals surface area contributed by atoms with Crippen LogP contribution >= 0.6 is 0 Å². The van der Waals surface area contributed by atoms with E-state index in [1.54, 1.807) is 45.9 Å². The number of fused-ring (bicyclic) bond motifs is 1. The molecule has 0 spiro atoms. The first-order valence-corrected chi connectivity index (χ1v) is 17.4. The number of hydrogen-bond acceptors (Lipinski definition) is 7. The second-order valence-corrected chi connectivity index (χ2v) is 15.1. The molecule has 3 atom stereocenters. The maximum absolute atomic E-state index is 16.4. The first kappa shape index (κ1) is 36.2. The molecule has 264 valence electrons. The number of carbonyl (C=O) groups is 2. The predicted octanol–water partition coefficient (Wildman–Crippen LogP) is 9.01. The third-order valence-corrected chi connectivity index (χ3v) is 8.60. The molecule has 0 saturated carbocycles. The van der Waals surface area contributed by atoms with E-state index in [9.17, 15) is 9.59 Å². The number of nitrogens with one attached hydrogen (secondary N) is 2. The molecule has 9 heteroatoms. The molecule has 8 nitrogen and oxygen atoms in total. The molecule has 3 aromatic carbocycles. The summed E-state index contributed by atoms with van der Waals surface area (Å²) in [5, 5.41) is 6.41. The summed E-state index contributed by atoms with van der Waals surface area (Å²) in [4.78, 5) is 25.3. The highest BCUT2D eigenvalue weighted by Crippen LogP contribution is 2.42. The summed E-state index contributed by atoms with van der Waals surface area (Å²) >= 11 is 0. The molecule has 1 amide bonds. The second-order valence-electron chi connectivity index (χ2n) is 15.1. The highest BCUT2D eigenvalue weighted by molar-refractivity contribution is 5.75. The SMILES string of the molecule is C[C@@H](NC(=O)OC(C)(C)C)c1cccc(-c2cc(NCC3CCCO3)c3c(c2)C(Oc2ccccc2CC(=O)OC(C)(C)C)CCC3)c1F. The smallest absolute Gasteiger partial charge is 0.408 e. The van der Waals surface area contributed by atoms with Gasteiger partial charge < -0.3 is 29.6 Å². The van der Waals surface area contributed by atoms with Crippen LogP contribution in [0.4, 0.5) is 14.9 Å². The number of rotatable bonds is 10. The second kappa shape index (κ2) is 15.2. The first-order chi connectivity index (χ1) is 23.2. The molecule has 3 aromatic rings. The molecule has 0 radical (unpaired) electrons. The van der Waals surface area contributed by atoms with E-state index in [-0.39, 0.29) is 24.6 Å². The van der Waals surface area contributed by atoms with Crippen molar-refractivity contribution in [3.63, 3.8) is 0 Å². The summed E-state index contributed by atoms with van der Waals surface area (Å²) in [6.45, 7) is 14.1. The fourth-order valence-corrected chi connectivity index (χ4v) is 6.47. The average molecular weight is 675 g/mol. The van der Waals surface area contributed by atoms with Crippen molar-refractivity contribution in [2.75, 3.05) is 18.5 Å². The van der Waals surface area contributed by atoms with Gasteiger partial charge in [-0.3, -0.25) is 4.79 Å². The van der Waals surface area contributed by atoms with Crippen molar-refractivity contribution in [2.45, 2.75) is 116 Å². The van der Waals surface area contributed by atoms with E-state index in [1.165, 1.54) is 0 Å². The maximum Gasteiger partial charge on any atom is 0.408 e. The van der Waals surface area contributed by atoms with E-state index in [2.05, 4.69) is 10.6 Å². The van der Waals surface area contributed by atoms with Crippen LogP contribution in [0.5, 0.6) is 5.75 Å². The zero-order valence-electron chi connectivity index (χ0n) is 29.9. The molecule has 1 aliphatic heterocycles. The molecule has 1 saturated heterocycles. The zero-order chi connectivity index (χ0) is 35.3. The van der Waals surface area contributed by atoms with Crippen LogP contribution in [0.25, 0.3) is 11.1 Å². The summed E-state index contributed by atoms with van der Waals surface area (Å²) in [6, 6.07) is 16.2. The quantitative estimate of drug-likeness (QED) is 0.207. The number of ether oxygens (including phenoxy) is 4. The third kappa shape index (κ3) is 9.75. The summed E-state index contributed by atoms with van der Waals surface area (Å²) in [7, 11) is 0. The number of para-hydroxylation sites is 1. The lowest BCUT2D eigenvalue weighted by Crippen LogP contribution is -2.34. The van der Waals surface area contributed by atoms with Gasteiger partial charge in [-0.2, -0.15) is 0 Å². The van der Waals surface area contributed by atoms with Gasteiger partial charge in [0.25, 0.3) is 0 Å². The van der Waals surface area contributed by atoms with Gasteiger partial charge in [0.1, 0.15) is 28.9 Å². The number of benzene rings is 3. The van der Waals surface area contributed by atoms with E-state index >= 15 is 4.39 Å². The van der Waals surface area contributed by atoms with Crippen molar-refractivity contribution in [3.05, 3.63) is 82.7 Å². The average Bonchev–Trinajstić information content (AvgIpc) is 3.53. The molecule has 49 heavy (non-hydrogen) atoms. The lowest BCUT2D eigenvalue weighted by atomic mass is 9.85. The number of halogens is 1. The summed E-state index contributed by atoms with van der Waals surface area (Å²) in [5.74, 6) is -0.103. The number of carbonyl (C=O) groups excluding carboxylic acids is 2. The number of amides is 1. The molecule has 1 fully saturated rings. The largest absolute Gasteiger partial charge is 0.485 e. The van der Waals surface area contributed by atoms with Gasteiger partial charge in [0.2, 0.25) is 0 Å². The highest BCUT2D eigenvalue weighted by atomic mass is 19.1. The predicted molar refractivity (Wildman–Crippen MR) is 189 cm³/mol. The van der Waals surface area contributed by atoms with Gasteiger partial charge >= 0.3 is 12.1 Å². The molecule has 0 bridgehead atoms. The van der Waals surface area contributed by atoms with E-state index < -0.39 is 29.2 Å². The molecule has 2 aliphatic rings. The van der Waals surface area contributed by atoms with Crippen molar-refractivity contribution in [3.8, 4) is 16.9 Å². The Morgan fingerprint density at radius 3 is 2.43 bits per heavy atom. The van der Waals surface area contributed by atoms with Crippen molar-refractivity contribution in [1.82, 2.24) is 5.32 Å². The molecular weight excluding hydrogens is 623 g/mol. The normalized spacial score (nSPS) is 18.3. The molecule has 2 unspecified atom stereocenters. The summed E-state index contributed by atoms with van der Waals surface area (Å²) < 4.78 is 40.1. The Morgan fingerprint density at radius 2 is 1.71 bits per heavy atom. The Kier molecular flexibility index (Phi) is 11.2. The molecule has 5 rings (SSSR count). The molecular formula is C40H51FN2O6. The van der Waals surface area contributed by atoms with Crippen LogP contribution in [0.1, 0.15) is 109 Å². The number of alkyl carbamates (subject to hydrolysis) is 1. The minimum absolute atomic E-state index is 0.0920. The summed E-state index contributed by atoms with van der Waals surface area (Å²) in [6.07, 6.45) is 3.85. The maximum atomic E-state index is 16.4. The lowest BCUT2D eigenvalue weighted by Gasteiger charge is -2.30. The number of esters is 1. The molecule has 2 N–H and O–H groups in total. The van der Waals surface area contributed by atoms with Gasteiger partial charge in [0.15, 0.2) is 0 Å². The first-order valence-electron chi connectivity index (χ1n) is 17.4. The molecule has 1 aliphatic carbocycles. The van der Waals surface area contributed by atoms with Crippen LogP contribution in [-0.4, -0.2) is 42.5 Å². The highest BCUT2D eigenvalue weighted by Gasteiger charge is 2.29. The summed E-state index contributed by atoms with van der Waals surface area (Å²) in [5.41, 5.74) is 4.03. The van der Waals surface area contributed by atoms with Gasteiger partial charge in [-0.25, -0.2) is 9.18 Å². The van der Waals surface area contributed by atoms with E-state index in [0.29, 0.717) is 29.0 Å². The third-order valence-electron chi connectivity index (χ3n) is 8.60. The van der Waals surface area contributed by atoms with Crippen LogP contribution in [0.2, 0.25) is 0 Å². The van der Waals surface area contributed by atoms with Gasteiger partial charge in [0.05, 0.1) is 18.6 Å². The van der Waals surface area contributed by atoms with Crippen LogP contribution in [-0.2, 0) is 31.8 Å². The van der Waals surface area contributed by atoms with Crippen LogP contribution in [0, 0.1) is 5.82 Å². The Bertz CT molecular complexity index is 1640. The van der Waals surface area contributed by atoms with E-state index in [4.69, 9.17) is 18.9 Å². The molecule has 1 heterocycles. The Balaban J connectivity index is 1.49. The lowest BCUT2D eigenvalue weighted by molar-refractivity contribution is -0.153. The van der Waals surface area contributed by atoms with Gasteiger partial charge in [-0.15, -0.1) is 0 Å². The fourth-order valence-electron chi connectivity index (χ4n) is 6.47. The standard InChI is InChI=1S/C40H51FN2O6/c1-25(43-38(45)49-40(5,6)7)29-15-10-16-30(37(29)41)27-21-32-31(33(22-27)42-24-28-14-12-20-46-28)17-11-19-35(32)47-34-18-9-8-13-26(34)23-36(44)48-39(2,3)4/h8-10,13,15-16,18,21-22,25,28,35,42H,11-12,14,17,19-20,23-24H2,1-7H3,(H,43,45)/t25-,28?,35?/m1/s1. The van der Waals surface area contributed by atoms with Crippen molar-refractivity contribution >= 4 is 17.7 Å². The van der Waals surface area contributed by atoms with Gasteiger partial charge in [-0.1, -0.05) is 36.4 Å². The van der Waals surface area contributed by atoms with Crippen molar-refractivity contribution < 1.29 is 32.9 Å². The van der Waals surface area contributed by atoms with Gasteiger partial charge in [-0.05, 0) is 115 Å². The zero-order valence-corrected chi connectivity index (χ0v) is 29.9. The van der Waals surface area contributed by atoms with E-state index in [0.717, 1.165) is 61.1 Å². The monoisotopic (exact) mass is 674 g/mol. The van der Waals surface area contributed by atoms with Crippen LogP contribution in [0.15, 0.2) is 54.6 Å².